The van der Waals surface area contributed by atoms with Crippen molar-refractivity contribution in [3.05, 3.63) is 27.3 Å². The van der Waals surface area contributed by atoms with E-state index < -0.39 is 16.9 Å². The maximum atomic E-state index is 11.0. The summed E-state index contributed by atoms with van der Waals surface area (Å²) in [6, 6.07) is 2.93. The van der Waals surface area contributed by atoms with Gasteiger partial charge in [-0.1, -0.05) is 0 Å². The summed E-state index contributed by atoms with van der Waals surface area (Å²) >= 11 is 1.35. The molecule has 106 valence electrons. The van der Waals surface area contributed by atoms with Crippen molar-refractivity contribution in [1.29, 1.82) is 0 Å². The van der Waals surface area contributed by atoms with E-state index in [1.165, 1.54) is 23.5 Å². The highest BCUT2D eigenvalue weighted by molar-refractivity contribution is 7.18. The van der Waals surface area contributed by atoms with Crippen LogP contribution in [0, 0.1) is 17.0 Å². The summed E-state index contributed by atoms with van der Waals surface area (Å²) in [5.74, 6) is -0.897. The fraction of sp³-hybridized carbons (Fsp3) is 0.273. The first-order valence-corrected chi connectivity index (χ1v) is 6.47. The number of hydrogen-bond acceptors (Lipinski definition) is 7. The van der Waals surface area contributed by atoms with Gasteiger partial charge in [-0.25, -0.2) is 4.98 Å². The van der Waals surface area contributed by atoms with Gasteiger partial charge >= 0.3 is 0 Å². The number of carbonyl (C=O) groups excluding carboxylic acids is 1. The van der Waals surface area contributed by atoms with Crippen LogP contribution >= 0.6 is 11.3 Å². The van der Waals surface area contributed by atoms with Crippen molar-refractivity contribution in [2.75, 3.05) is 11.9 Å². The maximum absolute atomic E-state index is 11.0. The lowest BCUT2D eigenvalue weighted by molar-refractivity contribution is -0.383. The lowest BCUT2D eigenvalue weighted by atomic mass is 10.2. The van der Waals surface area contributed by atoms with E-state index in [0.29, 0.717) is 10.2 Å². The molecule has 1 unspecified atom stereocenters. The summed E-state index contributed by atoms with van der Waals surface area (Å²) in [4.78, 5) is 25.5. The summed E-state index contributed by atoms with van der Waals surface area (Å²) in [7, 11) is 0. The fourth-order valence-electron chi connectivity index (χ4n) is 1.68. The molecule has 1 atom stereocenters. The zero-order chi connectivity index (χ0) is 14.9. The zero-order valence-electron chi connectivity index (χ0n) is 10.5. The number of nitrogens with one attached hydrogen (secondary N) is 1. The fourth-order valence-corrected chi connectivity index (χ4v) is 2.52. The number of primary amides is 1. The molecule has 2 aromatic rings. The predicted molar refractivity (Wildman–Crippen MR) is 74.7 cm³/mol. The molecular formula is C11H12N4O4S. The highest BCUT2D eigenvalue weighted by Gasteiger charge is 2.19. The first kappa shape index (κ1) is 14.2. The van der Waals surface area contributed by atoms with Gasteiger partial charge < -0.3 is 16.2 Å². The Morgan fingerprint density at radius 1 is 1.65 bits per heavy atom. The zero-order valence-corrected chi connectivity index (χ0v) is 11.3. The van der Waals surface area contributed by atoms with Gasteiger partial charge in [-0.2, -0.15) is 0 Å². The molecule has 0 aliphatic rings. The van der Waals surface area contributed by atoms with E-state index in [1.807, 2.05) is 0 Å². The van der Waals surface area contributed by atoms with Crippen molar-refractivity contribution in [3.63, 3.8) is 0 Å². The highest BCUT2D eigenvalue weighted by atomic mass is 32.1. The van der Waals surface area contributed by atoms with Gasteiger partial charge in [0.2, 0.25) is 5.91 Å². The molecule has 0 bridgehead atoms. The predicted octanol–water partition coefficient (Wildman–Crippen LogP) is 0.771. The molecule has 0 saturated carbocycles. The Bertz CT molecular complexity index is 684. The number of aliphatic hydroxyl groups excluding tert-OH is 1. The molecular weight excluding hydrogens is 284 g/mol. The Kier molecular flexibility index (Phi) is 3.81. The van der Waals surface area contributed by atoms with Gasteiger partial charge in [0.15, 0.2) is 0 Å². The van der Waals surface area contributed by atoms with Crippen LogP contribution in [0.25, 0.3) is 10.2 Å². The Hall–Kier alpha value is -2.26. The normalized spacial score (nSPS) is 12.3. The lowest BCUT2D eigenvalue weighted by Gasteiger charge is -2.09. The second kappa shape index (κ2) is 5.39. The summed E-state index contributed by atoms with van der Waals surface area (Å²) in [5, 5.41) is 23.8. The summed E-state index contributed by atoms with van der Waals surface area (Å²) in [5.41, 5.74) is 5.59. The van der Waals surface area contributed by atoms with Crippen LogP contribution in [0.15, 0.2) is 12.1 Å². The average Bonchev–Trinajstić information content (AvgIpc) is 2.73. The number of nitrogens with zero attached hydrogens (tertiary/aromatic N) is 2. The van der Waals surface area contributed by atoms with Gasteiger partial charge in [0.1, 0.15) is 11.8 Å². The van der Waals surface area contributed by atoms with Crippen molar-refractivity contribution >= 4 is 38.8 Å². The van der Waals surface area contributed by atoms with Crippen LogP contribution in [-0.2, 0) is 4.79 Å². The number of aliphatic hydroxyl groups is 1. The Labute approximate surface area is 117 Å². The Balaban J connectivity index is 2.36. The molecule has 0 saturated heterocycles. The van der Waals surface area contributed by atoms with Gasteiger partial charge in [-0.3, -0.25) is 14.9 Å². The monoisotopic (exact) mass is 296 g/mol. The third kappa shape index (κ3) is 2.83. The molecule has 0 aliphatic carbocycles. The van der Waals surface area contributed by atoms with Gasteiger partial charge in [0.05, 0.1) is 26.7 Å². The van der Waals surface area contributed by atoms with Gasteiger partial charge in [0, 0.05) is 6.07 Å². The van der Waals surface area contributed by atoms with Crippen LogP contribution in [0.3, 0.4) is 0 Å². The number of aromatic nitrogens is 1. The van der Waals surface area contributed by atoms with Gasteiger partial charge in [-0.15, -0.1) is 11.3 Å². The van der Waals surface area contributed by atoms with Crippen molar-refractivity contribution < 1.29 is 14.8 Å². The van der Waals surface area contributed by atoms with E-state index >= 15 is 0 Å². The number of nitro groups is 1. The second-order valence-electron chi connectivity index (χ2n) is 4.13. The maximum Gasteiger partial charge on any atom is 0.293 e. The second-order valence-corrected chi connectivity index (χ2v) is 5.36. The van der Waals surface area contributed by atoms with Crippen LogP contribution in [0.4, 0.5) is 11.4 Å². The van der Waals surface area contributed by atoms with E-state index in [2.05, 4.69) is 10.3 Å². The standard InChI is InChI=1S/C11H12N4O4S/c1-5-14-7-2-6(13-4-9(16)11(12)17)8(15(18)19)3-10(7)20-5/h2-3,9,13,16H,4H2,1H3,(H2,12,17). The van der Waals surface area contributed by atoms with Crippen molar-refractivity contribution in [2.45, 2.75) is 13.0 Å². The van der Waals surface area contributed by atoms with Crippen molar-refractivity contribution in [3.8, 4) is 0 Å². The third-order valence-corrected chi connectivity index (χ3v) is 3.56. The number of aryl methyl sites for hydroxylation is 1. The number of thiazole rings is 1. The van der Waals surface area contributed by atoms with E-state index in [-0.39, 0.29) is 17.9 Å². The van der Waals surface area contributed by atoms with Crippen LogP contribution in [-0.4, -0.2) is 33.6 Å². The first-order chi connectivity index (χ1) is 9.38. The number of benzene rings is 1. The highest BCUT2D eigenvalue weighted by Crippen LogP contribution is 2.32. The summed E-state index contributed by atoms with van der Waals surface area (Å²) < 4.78 is 0.704. The molecule has 1 aromatic heterocycles. The number of anilines is 1. The molecule has 0 fully saturated rings. The number of carbonyl (C=O) groups is 1. The SMILES string of the molecule is Cc1nc2cc(NCC(O)C(N)=O)c([N+](=O)[O-])cc2s1. The van der Waals surface area contributed by atoms with Crippen LogP contribution < -0.4 is 11.1 Å². The minimum Gasteiger partial charge on any atom is -0.381 e. The van der Waals surface area contributed by atoms with E-state index in [9.17, 15) is 20.0 Å². The minimum absolute atomic E-state index is 0.141. The van der Waals surface area contributed by atoms with E-state index in [1.54, 1.807) is 6.92 Å². The quantitative estimate of drug-likeness (QED) is 0.551. The van der Waals surface area contributed by atoms with Crippen LogP contribution in [0.2, 0.25) is 0 Å². The molecule has 8 nitrogen and oxygen atoms in total. The molecule has 0 radical (unpaired) electrons. The molecule has 1 heterocycles. The molecule has 1 amide bonds. The van der Waals surface area contributed by atoms with Crippen LogP contribution in [0.1, 0.15) is 5.01 Å². The first-order valence-electron chi connectivity index (χ1n) is 5.65. The molecule has 0 aliphatic heterocycles. The van der Waals surface area contributed by atoms with E-state index in [0.717, 1.165) is 5.01 Å². The molecule has 2 rings (SSSR count). The average molecular weight is 296 g/mol. The smallest absolute Gasteiger partial charge is 0.293 e. The summed E-state index contributed by atoms with van der Waals surface area (Å²) in [6.07, 6.45) is -1.41. The lowest BCUT2D eigenvalue weighted by Crippen LogP contribution is -2.34. The number of rotatable bonds is 5. The molecule has 20 heavy (non-hydrogen) atoms. The molecule has 9 heteroatoms. The molecule has 0 spiro atoms. The molecule has 1 aromatic carbocycles. The number of nitrogens with two attached hydrogens (primary N) is 1. The topological polar surface area (TPSA) is 131 Å². The molecule has 4 N–H and O–H groups in total. The Morgan fingerprint density at radius 3 is 2.95 bits per heavy atom. The van der Waals surface area contributed by atoms with E-state index in [4.69, 9.17) is 5.73 Å². The largest absolute Gasteiger partial charge is 0.381 e. The number of fused-ring (bicyclic) bond motifs is 1. The van der Waals surface area contributed by atoms with Gasteiger partial charge in [0.25, 0.3) is 5.69 Å². The number of amides is 1. The van der Waals surface area contributed by atoms with Crippen molar-refractivity contribution in [1.82, 2.24) is 4.98 Å². The van der Waals surface area contributed by atoms with Crippen molar-refractivity contribution in [2.24, 2.45) is 5.73 Å². The number of hydrogen-bond donors (Lipinski definition) is 3. The van der Waals surface area contributed by atoms with Gasteiger partial charge in [-0.05, 0) is 13.0 Å². The number of nitro benzene ring substituents is 1. The minimum atomic E-state index is -1.41. The van der Waals surface area contributed by atoms with Crippen LogP contribution in [0.5, 0.6) is 0 Å². The summed E-state index contributed by atoms with van der Waals surface area (Å²) in [6.45, 7) is 1.60. The Morgan fingerprint density at radius 2 is 2.35 bits per heavy atom. The third-order valence-electron chi connectivity index (χ3n) is 2.62.